The topological polar surface area (TPSA) is 79.9 Å². The number of carbonyl (C=O) groups is 2. The molecule has 22 heavy (non-hydrogen) atoms. The Hall–Kier alpha value is -2.12. The van der Waals surface area contributed by atoms with Crippen LogP contribution in [0.4, 0.5) is 10.5 Å². The zero-order valence-electron chi connectivity index (χ0n) is 12.7. The van der Waals surface area contributed by atoms with Gasteiger partial charge in [0, 0.05) is 32.9 Å². The molecule has 0 saturated carbocycles. The first-order valence-corrected chi connectivity index (χ1v) is 7.09. The predicted octanol–water partition coefficient (Wildman–Crippen LogP) is 0.710. The van der Waals surface area contributed by atoms with Gasteiger partial charge in [-0.3, -0.25) is 4.79 Å². The summed E-state index contributed by atoms with van der Waals surface area (Å²) in [6.45, 7) is 0.705. The molecule has 3 amide bonds. The second-order valence-corrected chi connectivity index (χ2v) is 5.00. The Kier molecular flexibility index (Phi) is 5.74. The zero-order valence-corrected chi connectivity index (χ0v) is 12.7. The van der Waals surface area contributed by atoms with E-state index in [1.54, 1.807) is 4.90 Å². The Balaban J connectivity index is 1.82. The van der Waals surface area contributed by atoms with Gasteiger partial charge in [-0.05, 0) is 12.1 Å². The van der Waals surface area contributed by atoms with Crippen molar-refractivity contribution in [2.24, 2.45) is 0 Å². The normalized spacial score (nSPS) is 17.9. The smallest absolute Gasteiger partial charge is 0.315 e. The monoisotopic (exact) mass is 307 g/mol. The number of anilines is 1. The second kappa shape index (κ2) is 7.77. The molecule has 1 aliphatic heterocycles. The summed E-state index contributed by atoms with van der Waals surface area (Å²) in [6, 6.07) is 8.86. The number of ether oxygens (including phenoxy) is 2. The number of nitrogens with zero attached hydrogens (tertiary/aromatic N) is 1. The fourth-order valence-corrected chi connectivity index (χ4v) is 2.34. The first-order valence-electron chi connectivity index (χ1n) is 7.09. The van der Waals surface area contributed by atoms with E-state index in [0.29, 0.717) is 13.0 Å². The third kappa shape index (κ3) is 4.19. The van der Waals surface area contributed by atoms with Crippen LogP contribution < -0.4 is 15.5 Å². The Labute approximate surface area is 129 Å². The maximum Gasteiger partial charge on any atom is 0.315 e. The zero-order chi connectivity index (χ0) is 15.9. The van der Waals surface area contributed by atoms with Crippen LogP contribution in [0.25, 0.3) is 0 Å². The van der Waals surface area contributed by atoms with E-state index >= 15 is 0 Å². The van der Waals surface area contributed by atoms with Crippen LogP contribution in [-0.4, -0.2) is 51.6 Å². The van der Waals surface area contributed by atoms with Crippen molar-refractivity contribution in [3.63, 3.8) is 0 Å². The molecule has 1 fully saturated rings. The van der Waals surface area contributed by atoms with Crippen LogP contribution in [-0.2, 0) is 14.3 Å². The molecule has 1 aliphatic rings. The number of hydrogen-bond donors (Lipinski definition) is 2. The minimum Gasteiger partial charge on any atom is -0.354 e. The SMILES string of the molecule is COC(CNC(=O)NC1CC(=O)N(c2ccccc2)C1)OC. The summed E-state index contributed by atoms with van der Waals surface area (Å²) < 4.78 is 9.97. The standard InChI is InChI=1S/C15H21N3O4/c1-21-14(22-2)9-16-15(20)17-11-8-13(19)18(10-11)12-6-4-3-5-7-12/h3-7,11,14H,8-10H2,1-2H3,(H2,16,17,20). The van der Waals surface area contributed by atoms with Crippen molar-refractivity contribution in [3.8, 4) is 0 Å². The van der Waals surface area contributed by atoms with E-state index in [1.165, 1.54) is 14.2 Å². The number of urea groups is 1. The molecule has 2 rings (SSSR count). The highest BCUT2D eigenvalue weighted by Gasteiger charge is 2.31. The molecule has 0 spiro atoms. The number of rotatable bonds is 6. The minimum absolute atomic E-state index is 0.00293. The number of amides is 3. The summed E-state index contributed by atoms with van der Waals surface area (Å²) in [6.07, 6.45) is -0.197. The van der Waals surface area contributed by atoms with Crippen LogP contribution in [0.5, 0.6) is 0 Å². The Morgan fingerprint density at radius 2 is 2.00 bits per heavy atom. The molecule has 1 unspecified atom stereocenters. The van der Waals surface area contributed by atoms with Gasteiger partial charge in [0.15, 0.2) is 6.29 Å². The molecule has 7 heteroatoms. The Morgan fingerprint density at radius 3 is 2.64 bits per heavy atom. The van der Waals surface area contributed by atoms with Crippen molar-refractivity contribution in [2.45, 2.75) is 18.8 Å². The summed E-state index contributed by atoms with van der Waals surface area (Å²) in [5.74, 6) is 0.00293. The molecular formula is C15H21N3O4. The minimum atomic E-state index is -0.489. The maximum atomic E-state index is 12.0. The summed E-state index contributed by atoms with van der Waals surface area (Å²) >= 11 is 0. The molecule has 0 aliphatic carbocycles. The molecule has 1 aromatic carbocycles. The van der Waals surface area contributed by atoms with Crippen molar-refractivity contribution in [1.82, 2.24) is 10.6 Å². The van der Waals surface area contributed by atoms with E-state index in [0.717, 1.165) is 5.69 Å². The lowest BCUT2D eigenvalue weighted by Crippen LogP contribution is -2.46. The highest BCUT2D eigenvalue weighted by atomic mass is 16.7. The Bertz CT molecular complexity index is 505. The second-order valence-electron chi connectivity index (χ2n) is 5.00. The lowest BCUT2D eigenvalue weighted by molar-refractivity contribution is -0.117. The molecule has 0 aromatic heterocycles. The largest absolute Gasteiger partial charge is 0.354 e. The first-order chi connectivity index (χ1) is 10.6. The lowest BCUT2D eigenvalue weighted by atomic mass is 10.2. The van der Waals surface area contributed by atoms with E-state index in [2.05, 4.69) is 10.6 Å². The van der Waals surface area contributed by atoms with E-state index < -0.39 is 6.29 Å². The number of benzene rings is 1. The van der Waals surface area contributed by atoms with Gasteiger partial charge in [0.1, 0.15) is 0 Å². The van der Waals surface area contributed by atoms with Gasteiger partial charge in [-0.25, -0.2) is 4.79 Å². The van der Waals surface area contributed by atoms with Gasteiger partial charge in [-0.1, -0.05) is 18.2 Å². The van der Waals surface area contributed by atoms with Gasteiger partial charge in [-0.15, -0.1) is 0 Å². The average Bonchev–Trinajstić information content (AvgIpc) is 2.89. The van der Waals surface area contributed by atoms with Crippen molar-refractivity contribution in [1.29, 1.82) is 0 Å². The molecule has 1 heterocycles. The van der Waals surface area contributed by atoms with Crippen LogP contribution in [0.15, 0.2) is 30.3 Å². The van der Waals surface area contributed by atoms with Gasteiger partial charge in [0.2, 0.25) is 5.91 Å². The third-order valence-corrected chi connectivity index (χ3v) is 3.48. The van der Waals surface area contributed by atoms with E-state index in [-0.39, 0.29) is 24.5 Å². The van der Waals surface area contributed by atoms with Gasteiger partial charge in [-0.2, -0.15) is 0 Å². The fraction of sp³-hybridized carbons (Fsp3) is 0.467. The summed E-state index contributed by atoms with van der Waals surface area (Å²) in [7, 11) is 3.00. The van der Waals surface area contributed by atoms with Gasteiger partial charge in [0.25, 0.3) is 0 Å². The van der Waals surface area contributed by atoms with Crippen LogP contribution in [0, 0.1) is 0 Å². The number of hydrogen-bond acceptors (Lipinski definition) is 4. The van der Waals surface area contributed by atoms with Gasteiger partial charge < -0.3 is 25.0 Å². The molecule has 0 bridgehead atoms. The van der Waals surface area contributed by atoms with Crippen LogP contribution in [0.2, 0.25) is 0 Å². The molecular weight excluding hydrogens is 286 g/mol. The van der Waals surface area contributed by atoms with Gasteiger partial charge in [0.05, 0.1) is 12.6 Å². The molecule has 120 valence electrons. The van der Waals surface area contributed by atoms with E-state index in [1.807, 2.05) is 30.3 Å². The van der Waals surface area contributed by atoms with Crippen LogP contribution in [0.1, 0.15) is 6.42 Å². The quantitative estimate of drug-likeness (QED) is 0.759. The molecule has 2 N–H and O–H groups in total. The number of nitrogens with one attached hydrogen (secondary N) is 2. The predicted molar refractivity (Wildman–Crippen MR) is 81.5 cm³/mol. The van der Waals surface area contributed by atoms with Gasteiger partial charge >= 0.3 is 6.03 Å². The van der Waals surface area contributed by atoms with Crippen molar-refractivity contribution in [2.75, 3.05) is 32.2 Å². The van der Waals surface area contributed by atoms with Crippen LogP contribution >= 0.6 is 0 Å². The summed E-state index contributed by atoms with van der Waals surface area (Å²) in [5.41, 5.74) is 0.844. The summed E-state index contributed by atoms with van der Waals surface area (Å²) in [4.78, 5) is 25.5. The number of para-hydroxylation sites is 1. The molecule has 0 radical (unpaired) electrons. The highest BCUT2D eigenvalue weighted by Crippen LogP contribution is 2.20. The molecule has 1 saturated heterocycles. The Morgan fingerprint density at radius 1 is 1.32 bits per heavy atom. The molecule has 1 aromatic rings. The number of methoxy groups -OCH3 is 2. The number of carbonyl (C=O) groups excluding carboxylic acids is 2. The van der Waals surface area contributed by atoms with E-state index in [9.17, 15) is 9.59 Å². The maximum absolute atomic E-state index is 12.0. The third-order valence-electron chi connectivity index (χ3n) is 3.48. The van der Waals surface area contributed by atoms with Crippen molar-refractivity contribution >= 4 is 17.6 Å². The van der Waals surface area contributed by atoms with E-state index in [4.69, 9.17) is 9.47 Å². The first kappa shape index (κ1) is 16.3. The fourth-order valence-electron chi connectivity index (χ4n) is 2.34. The lowest BCUT2D eigenvalue weighted by Gasteiger charge is -2.18. The molecule has 7 nitrogen and oxygen atoms in total. The van der Waals surface area contributed by atoms with Crippen LogP contribution in [0.3, 0.4) is 0 Å². The summed E-state index contributed by atoms with van der Waals surface area (Å²) in [5, 5.41) is 5.44. The van der Waals surface area contributed by atoms with Crippen molar-refractivity contribution < 1.29 is 19.1 Å². The highest BCUT2D eigenvalue weighted by molar-refractivity contribution is 5.96. The van der Waals surface area contributed by atoms with Crippen molar-refractivity contribution in [3.05, 3.63) is 30.3 Å². The molecule has 1 atom stereocenters. The average molecular weight is 307 g/mol.